The molecule has 0 fully saturated rings. The number of ether oxygens (including phenoxy) is 1. The molecule has 0 spiro atoms. The number of sulfonamides is 1. The topological polar surface area (TPSA) is 137 Å². The van der Waals surface area contributed by atoms with E-state index in [0.717, 1.165) is 6.07 Å². The zero-order valence-electron chi connectivity index (χ0n) is 17.7. The Hall–Kier alpha value is -3.49. The fraction of sp³-hybridized carbons (Fsp3) is 0.286. The van der Waals surface area contributed by atoms with Crippen LogP contribution < -0.4 is 15.4 Å². The van der Waals surface area contributed by atoms with Crippen LogP contribution in [0.4, 0.5) is 20.6 Å². The summed E-state index contributed by atoms with van der Waals surface area (Å²) >= 11 is 0. The van der Waals surface area contributed by atoms with Gasteiger partial charge in [0.15, 0.2) is 0 Å². The first-order valence-corrected chi connectivity index (χ1v) is 11.0. The summed E-state index contributed by atoms with van der Waals surface area (Å²) in [6.45, 7) is 4.97. The largest absolute Gasteiger partial charge is 0.444 e. The number of halogens is 1. The fourth-order valence-electron chi connectivity index (χ4n) is 2.43. The average Bonchev–Trinajstić information content (AvgIpc) is 2.69. The van der Waals surface area contributed by atoms with E-state index in [-0.39, 0.29) is 34.8 Å². The number of carbonyl (C=O) groups excluding carboxylic acids is 2. The van der Waals surface area contributed by atoms with E-state index in [1.54, 1.807) is 20.8 Å². The third-order valence-electron chi connectivity index (χ3n) is 3.82. The number of benzene rings is 2. The van der Waals surface area contributed by atoms with E-state index < -0.39 is 33.4 Å². The zero-order valence-corrected chi connectivity index (χ0v) is 18.5. The van der Waals surface area contributed by atoms with Crippen molar-refractivity contribution in [1.29, 1.82) is 5.26 Å². The van der Waals surface area contributed by atoms with Crippen molar-refractivity contribution in [3.63, 3.8) is 0 Å². The van der Waals surface area contributed by atoms with Gasteiger partial charge >= 0.3 is 6.09 Å². The fourth-order valence-corrected chi connectivity index (χ4v) is 3.46. The van der Waals surface area contributed by atoms with E-state index >= 15 is 0 Å². The Morgan fingerprint density at radius 3 is 2.34 bits per heavy atom. The lowest BCUT2D eigenvalue weighted by Crippen LogP contribution is -2.27. The van der Waals surface area contributed by atoms with E-state index in [1.165, 1.54) is 36.4 Å². The number of nitrogens with zero attached hydrogens (tertiary/aromatic N) is 1. The summed E-state index contributed by atoms with van der Waals surface area (Å²) in [6, 6.07) is 10.6. The second kappa shape index (κ2) is 10.2. The Kier molecular flexibility index (Phi) is 7.91. The molecular formula is C21H23FN4O5S. The number of nitriles is 1. The molecule has 2 amide bonds. The molecule has 0 saturated heterocycles. The number of carbonyl (C=O) groups is 2. The summed E-state index contributed by atoms with van der Waals surface area (Å²) in [4.78, 5) is 24.3. The van der Waals surface area contributed by atoms with E-state index in [1.807, 2.05) is 6.07 Å². The monoisotopic (exact) mass is 462 g/mol. The minimum atomic E-state index is -3.80. The molecule has 9 nitrogen and oxygen atoms in total. The third kappa shape index (κ3) is 7.33. The Bertz CT molecular complexity index is 1140. The second-order valence-electron chi connectivity index (χ2n) is 7.61. The van der Waals surface area contributed by atoms with Crippen LogP contribution in [0.5, 0.6) is 0 Å². The van der Waals surface area contributed by atoms with E-state index in [2.05, 4.69) is 15.4 Å². The molecule has 0 atom stereocenters. The predicted molar refractivity (Wildman–Crippen MR) is 116 cm³/mol. The molecule has 11 heteroatoms. The Morgan fingerprint density at radius 2 is 1.75 bits per heavy atom. The number of hydrogen-bond acceptors (Lipinski definition) is 6. The lowest BCUT2D eigenvalue weighted by Gasteiger charge is -2.20. The quantitative estimate of drug-likeness (QED) is 0.538. The van der Waals surface area contributed by atoms with Crippen LogP contribution in [0.15, 0.2) is 47.4 Å². The van der Waals surface area contributed by atoms with Crippen LogP contribution in [0.3, 0.4) is 0 Å². The molecule has 0 unspecified atom stereocenters. The zero-order chi connectivity index (χ0) is 23.9. The molecule has 2 aromatic carbocycles. The van der Waals surface area contributed by atoms with Crippen molar-refractivity contribution < 1.29 is 27.1 Å². The highest BCUT2D eigenvalue weighted by molar-refractivity contribution is 7.89. The molecule has 32 heavy (non-hydrogen) atoms. The van der Waals surface area contributed by atoms with Crippen LogP contribution in [0, 0.1) is 17.1 Å². The molecule has 0 aliphatic heterocycles. The third-order valence-corrected chi connectivity index (χ3v) is 5.29. The number of rotatable bonds is 7. The predicted octanol–water partition coefficient (Wildman–Crippen LogP) is 3.62. The van der Waals surface area contributed by atoms with Gasteiger partial charge in [-0.15, -0.1) is 0 Å². The molecular weight excluding hydrogens is 439 g/mol. The number of amides is 2. The molecule has 3 N–H and O–H groups in total. The summed E-state index contributed by atoms with van der Waals surface area (Å²) in [5.74, 6) is -1.28. The maximum absolute atomic E-state index is 14.0. The van der Waals surface area contributed by atoms with Crippen LogP contribution in [0.2, 0.25) is 0 Å². The van der Waals surface area contributed by atoms with Gasteiger partial charge in [-0.1, -0.05) is 0 Å². The van der Waals surface area contributed by atoms with E-state index in [0.29, 0.717) is 0 Å². The van der Waals surface area contributed by atoms with Crippen LogP contribution in [-0.2, 0) is 14.8 Å². The summed E-state index contributed by atoms with van der Waals surface area (Å²) in [6.07, 6.45) is -0.817. The molecule has 2 aromatic rings. The maximum Gasteiger partial charge on any atom is 0.412 e. The van der Waals surface area contributed by atoms with Gasteiger partial charge in [0.1, 0.15) is 11.4 Å². The minimum absolute atomic E-state index is 0.0225. The highest BCUT2D eigenvalue weighted by Gasteiger charge is 2.18. The molecule has 0 radical (unpaired) electrons. The van der Waals surface area contributed by atoms with Crippen molar-refractivity contribution >= 4 is 33.4 Å². The molecule has 0 aliphatic carbocycles. The molecule has 170 valence electrons. The summed E-state index contributed by atoms with van der Waals surface area (Å²) < 4.78 is 45.6. The van der Waals surface area contributed by atoms with Crippen molar-refractivity contribution in [3.8, 4) is 6.07 Å². The van der Waals surface area contributed by atoms with Crippen LogP contribution in [0.25, 0.3) is 0 Å². The summed E-state index contributed by atoms with van der Waals surface area (Å²) in [5, 5.41) is 13.3. The molecule has 0 bridgehead atoms. The second-order valence-corrected chi connectivity index (χ2v) is 9.37. The minimum Gasteiger partial charge on any atom is -0.444 e. The highest BCUT2D eigenvalue weighted by Crippen LogP contribution is 2.21. The first-order valence-electron chi connectivity index (χ1n) is 9.49. The van der Waals surface area contributed by atoms with Gasteiger partial charge in [-0.25, -0.2) is 22.3 Å². The van der Waals surface area contributed by atoms with Gasteiger partial charge in [-0.2, -0.15) is 5.26 Å². The maximum atomic E-state index is 14.0. The van der Waals surface area contributed by atoms with Gasteiger partial charge in [0, 0.05) is 24.2 Å². The number of hydrogen-bond donors (Lipinski definition) is 3. The average molecular weight is 463 g/mol. The van der Waals surface area contributed by atoms with Crippen molar-refractivity contribution in [2.45, 2.75) is 37.7 Å². The van der Waals surface area contributed by atoms with Crippen molar-refractivity contribution in [2.75, 3.05) is 17.2 Å². The van der Waals surface area contributed by atoms with E-state index in [9.17, 15) is 22.4 Å². The van der Waals surface area contributed by atoms with E-state index in [4.69, 9.17) is 10.00 Å². The molecule has 0 saturated carbocycles. The lowest BCUT2D eigenvalue weighted by atomic mass is 10.2. The lowest BCUT2D eigenvalue weighted by molar-refractivity contribution is 0.0635. The Balaban J connectivity index is 2.09. The molecule has 0 aliphatic rings. The number of anilines is 2. The molecule has 0 aromatic heterocycles. The van der Waals surface area contributed by atoms with Crippen molar-refractivity contribution in [1.82, 2.24) is 4.72 Å². The van der Waals surface area contributed by atoms with Gasteiger partial charge in [0.2, 0.25) is 10.0 Å². The van der Waals surface area contributed by atoms with Gasteiger partial charge in [-0.3, -0.25) is 10.1 Å². The summed E-state index contributed by atoms with van der Waals surface area (Å²) in [5.41, 5.74) is -0.580. The van der Waals surface area contributed by atoms with Gasteiger partial charge in [-0.05, 0) is 63.2 Å². The Morgan fingerprint density at radius 1 is 1.09 bits per heavy atom. The first kappa shape index (κ1) is 24.8. The Labute approximate surface area is 185 Å². The van der Waals surface area contributed by atoms with Crippen molar-refractivity contribution in [3.05, 3.63) is 53.8 Å². The smallest absolute Gasteiger partial charge is 0.412 e. The van der Waals surface area contributed by atoms with Crippen molar-refractivity contribution in [2.24, 2.45) is 0 Å². The van der Waals surface area contributed by atoms with Crippen LogP contribution in [0.1, 0.15) is 37.6 Å². The van der Waals surface area contributed by atoms with Gasteiger partial charge < -0.3 is 10.1 Å². The van der Waals surface area contributed by atoms with Gasteiger partial charge in [0.05, 0.1) is 16.7 Å². The normalized spacial score (nSPS) is 11.3. The van der Waals surface area contributed by atoms with Crippen LogP contribution >= 0.6 is 0 Å². The van der Waals surface area contributed by atoms with Crippen LogP contribution in [-0.4, -0.2) is 32.6 Å². The number of nitrogens with one attached hydrogen (secondary N) is 3. The standard InChI is InChI=1S/C21H23FN4O5S/c1-21(2,3)31-20(28)26-18-13-15(7-10-17(18)22)25-19(27)14-5-8-16(9-6-14)32(29,30)24-12-4-11-23/h5-10,13,24H,4,12H2,1-3H3,(H,25,27)(H,26,28). The van der Waals surface area contributed by atoms with Gasteiger partial charge in [0.25, 0.3) is 5.91 Å². The highest BCUT2D eigenvalue weighted by atomic mass is 32.2. The summed E-state index contributed by atoms with van der Waals surface area (Å²) in [7, 11) is -3.80. The SMILES string of the molecule is CC(C)(C)OC(=O)Nc1cc(NC(=O)c2ccc(S(=O)(=O)NCCC#N)cc2)ccc1F. The first-order chi connectivity index (χ1) is 14.9. The molecule has 2 rings (SSSR count). The molecule has 0 heterocycles.